The van der Waals surface area contributed by atoms with Crippen molar-refractivity contribution in [3.05, 3.63) is 23.8 Å². The van der Waals surface area contributed by atoms with Crippen molar-refractivity contribution in [3.63, 3.8) is 0 Å². The van der Waals surface area contributed by atoms with E-state index in [1.54, 1.807) is 18.2 Å². The Morgan fingerprint density at radius 1 is 1.47 bits per heavy atom. The minimum atomic E-state index is -0.430. The van der Waals surface area contributed by atoms with Gasteiger partial charge in [-0.05, 0) is 25.5 Å². The van der Waals surface area contributed by atoms with Crippen LogP contribution in [0, 0.1) is 0 Å². The van der Waals surface area contributed by atoms with E-state index in [4.69, 9.17) is 15.2 Å². The van der Waals surface area contributed by atoms with E-state index in [0.717, 1.165) is 12.8 Å². The van der Waals surface area contributed by atoms with E-state index in [1.807, 2.05) is 13.8 Å². The molecule has 0 spiro atoms. The van der Waals surface area contributed by atoms with Crippen LogP contribution in [0.3, 0.4) is 0 Å². The summed E-state index contributed by atoms with van der Waals surface area (Å²) in [6.07, 6.45) is 1.69. The Kier molecular flexibility index (Phi) is 4.82. The zero-order valence-corrected chi connectivity index (χ0v) is 10.5. The monoisotopic (exact) mass is 237 g/mol. The van der Waals surface area contributed by atoms with Gasteiger partial charge in [-0.15, -0.1) is 0 Å². The molecule has 4 heteroatoms. The van der Waals surface area contributed by atoms with Crippen LogP contribution in [0.15, 0.2) is 18.2 Å². The average molecular weight is 237 g/mol. The lowest BCUT2D eigenvalue weighted by molar-refractivity contribution is 0.0321. The number of hydrogen-bond donors (Lipinski definition) is 1. The number of carbonyl (C=O) groups is 1. The first kappa shape index (κ1) is 13.4. The molecule has 0 heterocycles. The molecule has 0 aliphatic rings. The zero-order chi connectivity index (χ0) is 12.8. The first-order valence-corrected chi connectivity index (χ1v) is 5.73. The molecule has 1 atom stereocenters. The molecule has 0 aliphatic heterocycles. The van der Waals surface area contributed by atoms with Crippen molar-refractivity contribution in [2.75, 3.05) is 12.8 Å². The fraction of sp³-hybridized carbons (Fsp3) is 0.462. The molecule has 94 valence electrons. The van der Waals surface area contributed by atoms with Gasteiger partial charge in [-0.1, -0.05) is 19.4 Å². The van der Waals surface area contributed by atoms with E-state index < -0.39 is 5.97 Å². The fourth-order valence-electron chi connectivity index (χ4n) is 1.64. The zero-order valence-electron chi connectivity index (χ0n) is 10.5. The minimum Gasteiger partial charge on any atom is -0.496 e. The summed E-state index contributed by atoms with van der Waals surface area (Å²) in [7, 11) is 1.50. The third-order valence-corrected chi connectivity index (χ3v) is 2.49. The molecule has 0 aromatic heterocycles. The first-order chi connectivity index (χ1) is 8.10. The van der Waals surface area contributed by atoms with Crippen LogP contribution in [-0.2, 0) is 4.74 Å². The van der Waals surface area contributed by atoms with Crippen LogP contribution in [0.2, 0.25) is 0 Å². The number of carbonyl (C=O) groups excluding carboxylic acids is 1. The van der Waals surface area contributed by atoms with Crippen molar-refractivity contribution in [2.24, 2.45) is 0 Å². The topological polar surface area (TPSA) is 61.5 Å². The second-order valence-corrected chi connectivity index (χ2v) is 3.93. The van der Waals surface area contributed by atoms with Crippen LogP contribution in [-0.4, -0.2) is 19.2 Å². The molecule has 0 aliphatic carbocycles. The lowest BCUT2D eigenvalue weighted by Gasteiger charge is -2.15. The third kappa shape index (κ3) is 3.37. The number of nitrogens with two attached hydrogens (primary N) is 1. The average Bonchev–Trinajstić information content (AvgIpc) is 2.28. The highest BCUT2D eigenvalue weighted by atomic mass is 16.5. The third-order valence-electron chi connectivity index (χ3n) is 2.49. The molecule has 1 rings (SSSR count). The normalized spacial score (nSPS) is 11.9. The molecule has 0 fully saturated rings. The Morgan fingerprint density at radius 3 is 2.76 bits per heavy atom. The molecule has 0 saturated heterocycles. The van der Waals surface area contributed by atoms with Gasteiger partial charge < -0.3 is 15.2 Å². The number of anilines is 1. The van der Waals surface area contributed by atoms with E-state index in [2.05, 4.69) is 0 Å². The highest BCUT2D eigenvalue weighted by Crippen LogP contribution is 2.25. The number of hydrogen-bond acceptors (Lipinski definition) is 4. The van der Waals surface area contributed by atoms with E-state index in [-0.39, 0.29) is 6.10 Å². The Labute approximate surface area is 102 Å². The van der Waals surface area contributed by atoms with Gasteiger partial charge in [0.05, 0.1) is 13.2 Å². The maximum Gasteiger partial charge on any atom is 0.344 e. The first-order valence-electron chi connectivity index (χ1n) is 5.73. The van der Waals surface area contributed by atoms with Crippen molar-refractivity contribution >= 4 is 11.7 Å². The van der Waals surface area contributed by atoms with E-state index in [9.17, 15) is 4.79 Å². The number of nitrogen functional groups attached to an aromatic ring is 1. The van der Waals surface area contributed by atoms with Crippen molar-refractivity contribution in [2.45, 2.75) is 32.8 Å². The van der Waals surface area contributed by atoms with Crippen molar-refractivity contribution < 1.29 is 14.3 Å². The SMILES string of the molecule is CCCC(C)OC(=O)c1c(N)cccc1OC. The summed E-state index contributed by atoms with van der Waals surface area (Å²) in [4.78, 5) is 11.9. The highest BCUT2D eigenvalue weighted by Gasteiger charge is 2.19. The molecule has 1 unspecified atom stereocenters. The maximum absolute atomic E-state index is 11.9. The molecule has 2 N–H and O–H groups in total. The summed E-state index contributed by atoms with van der Waals surface area (Å²) >= 11 is 0. The summed E-state index contributed by atoms with van der Waals surface area (Å²) in [5, 5.41) is 0. The van der Waals surface area contributed by atoms with Crippen LogP contribution < -0.4 is 10.5 Å². The molecular weight excluding hydrogens is 218 g/mol. The van der Waals surface area contributed by atoms with Gasteiger partial charge in [-0.25, -0.2) is 4.79 Å². The summed E-state index contributed by atoms with van der Waals surface area (Å²) in [6, 6.07) is 5.08. The van der Waals surface area contributed by atoms with Gasteiger partial charge >= 0.3 is 5.97 Å². The van der Waals surface area contributed by atoms with Gasteiger partial charge in [-0.3, -0.25) is 0 Å². The minimum absolute atomic E-state index is 0.114. The molecule has 0 radical (unpaired) electrons. The lowest BCUT2D eigenvalue weighted by Crippen LogP contribution is -2.16. The molecule has 17 heavy (non-hydrogen) atoms. The Bertz CT molecular complexity index is 390. The van der Waals surface area contributed by atoms with E-state index >= 15 is 0 Å². The summed E-state index contributed by atoms with van der Waals surface area (Å²) in [5.74, 6) is 0.0135. The van der Waals surface area contributed by atoms with Gasteiger partial charge in [0.25, 0.3) is 0 Å². The molecular formula is C13H19NO3. The van der Waals surface area contributed by atoms with Crippen molar-refractivity contribution in [3.8, 4) is 5.75 Å². The van der Waals surface area contributed by atoms with Crippen LogP contribution in [0.25, 0.3) is 0 Å². The number of esters is 1. The van der Waals surface area contributed by atoms with Crippen molar-refractivity contribution in [1.82, 2.24) is 0 Å². The molecule has 0 bridgehead atoms. The predicted octanol–water partition coefficient (Wildman–Crippen LogP) is 2.62. The molecule has 0 amide bonds. The Hall–Kier alpha value is -1.71. The molecule has 1 aromatic carbocycles. The van der Waals surface area contributed by atoms with Gasteiger partial charge in [0.2, 0.25) is 0 Å². The number of rotatable bonds is 5. The second kappa shape index (κ2) is 6.13. The van der Waals surface area contributed by atoms with Crippen molar-refractivity contribution in [1.29, 1.82) is 0 Å². The standard InChI is InChI=1S/C13H19NO3/c1-4-6-9(2)17-13(15)12-10(14)7-5-8-11(12)16-3/h5,7-9H,4,6,14H2,1-3H3. The van der Waals surface area contributed by atoms with Gasteiger partial charge in [-0.2, -0.15) is 0 Å². The largest absolute Gasteiger partial charge is 0.496 e. The number of ether oxygens (including phenoxy) is 2. The predicted molar refractivity (Wildman–Crippen MR) is 67.2 cm³/mol. The maximum atomic E-state index is 11.9. The quantitative estimate of drug-likeness (QED) is 0.631. The summed E-state index contributed by atoms with van der Waals surface area (Å²) in [6.45, 7) is 3.91. The second-order valence-electron chi connectivity index (χ2n) is 3.93. The smallest absolute Gasteiger partial charge is 0.344 e. The van der Waals surface area contributed by atoms with Gasteiger partial charge in [0.1, 0.15) is 11.3 Å². The molecule has 1 aromatic rings. The van der Waals surface area contributed by atoms with E-state index in [1.165, 1.54) is 7.11 Å². The number of methoxy groups -OCH3 is 1. The number of benzene rings is 1. The van der Waals surface area contributed by atoms with Gasteiger partial charge in [0, 0.05) is 5.69 Å². The summed E-state index contributed by atoms with van der Waals surface area (Å²) in [5.41, 5.74) is 6.44. The highest BCUT2D eigenvalue weighted by molar-refractivity contribution is 5.98. The van der Waals surface area contributed by atoms with Gasteiger partial charge in [0.15, 0.2) is 0 Å². The lowest BCUT2D eigenvalue weighted by atomic mass is 10.1. The molecule has 0 saturated carbocycles. The molecule has 4 nitrogen and oxygen atoms in total. The Balaban J connectivity index is 2.88. The summed E-state index contributed by atoms with van der Waals surface area (Å²) < 4.78 is 10.4. The van der Waals surface area contributed by atoms with Crippen LogP contribution in [0.5, 0.6) is 5.75 Å². The van der Waals surface area contributed by atoms with Crippen LogP contribution in [0.4, 0.5) is 5.69 Å². The van der Waals surface area contributed by atoms with Crippen LogP contribution in [0.1, 0.15) is 37.0 Å². The fourth-order valence-corrected chi connectivity index (χ4v) is 1.64. The van der Waals surface area contributed by atoms with E-state index in [0.29, 0.717) is 17.0 Å². The Morgan fingerprint density at radius 2 is 2.18 bits per heavy atom. The van der Waals surface area contributed by atoms with Crippen LogP contribution >= 0.6 is 0 Å².